The average molecular weight is 316 g/mol. The van der Waals surface area contributed by atoms with Crippen molar-refractivity contribution in [3.8, 4) is 0 Å². The molecule has 17 heavy (non-hydrogen) atoms. The highest BCUT2D eigenvalue weighted by Gasteiger charge is 2.09. The van der Waals surface area contributed by atoms with Crippen molar-refractivity contribution in [3.05, 3.63) is 28.2 Å². The van der Waals surface area contributed by atoms with Gasteiger partial charge in [-0.1, -0.05) is 42.8 Å². The lowest BCUT2D eigenvalue weighted by molar-refractivity contribution is 0.595. The number of benzene rings is 1. The standard InChI is InChI=1S/C14H22BrNS/c1-5-10(3)17-12-7-8-13(14(15)9-12)11(4)16-6-2/h7-11,16H,5-6H2,1-4H3. The molecule has 0 aliphatic heterocycles. The van der Waals surface area contributed by atoms with E-state index in [0.717, 1.165) is 6.54 Å². The minimum Gasteiger partial charge on any atom is -0.310 e. The number of hydrogen-bond acceptors (Lipinski definition) is 2. The predicted molar refractivity (Wildman–Crippen MR) is 81.8 cm³/mol. The van der Waals surface area contributed by atoms with E-state index in [2.05, 4.69) is 67.1 Å². The lowest BCUT2D eigenvalue weighted by Gasteiger charge is -2.16. The number of rotatable bonds is 6. The Morgan fingerprint density at radius 2 is 2.00 bits per heavy atom. The third-order valence-electron chi connectivity index (χ3n) is 2.86. The molecule has 3 heteroatoms. The molecule has 0 aliphatic rings. The Balaban J connectivity index is 2.78. The molecule has 0 saturated heterocycles. The maximum absolute atomic E-state index is 3.68. The fraction of sp³-hybridized carbons (Fsp3) is 0.571. The zero-order chi connectivity index (χ0) is 12.8. The van der Waals surface area contributed by atoms with Crippen molar-refractivity contribution in [2.75, 3.05) is 6.54 Å². The largest absolute Gasteiger partial charge is 0.310 e. The van der Waals surface area contributed by atoms with Crippen LogP contribution in [-0.2, 0) is 0 Å². The second kappa shape index (κ2) is 7.45. The summed E-state index contributed by atoms with van der Waals surface area (Å²) in [5.41, 5.74) is 1.33. The fourth-order valence-corrected chi connectivity index (χ4v) is 3.50. The van der Waals surface area contributed by atoms with Crippen LogP contribution in [0.15, 0.2) is 27.6 Å². The lowest BCUT2D eigenvalue weighted by Crippen LogP contribution is -2.18. The Morgan fingerprint density at radius 1 is 1.29 bits per heavy atom. The molecule has 0 bridgehead atoms. The van der Waals surface area contributed by atoms with Crippen LogP contribution in [0.1, 0.15) is 45.7 Å². The van der Waals surface area contributed by atoms with Gasteiger partial charge in [0.1, 0.15) is 0 Å². The van der Waals surface area contributed by atoms with Gasteiger partial charge in [0, 0.05) is 20.7 Å². The monoisotopic (exact) mass is 315 g/mol. The molecule has 0 fully saturated rings. The minimum absolute atomic E-state index is 0.400. The molecule has 0 heterocycles. The van der Waals surface area contributed by atoms with Crippen LogP contribution in [0.4, 0.5) is 0 Å². The predicted octanol–water partition coefficient (Wildman–Crippen LogP) is 5.01. The molecule has 1 aromatic rings. The van der Waals surface area contributed by atoms with E-state index >= 15 is 0 Å². The Morgan fingerprint density at radius 3 is 2.53 bits per heavy atom. The Bertz CT molecular complexity index is 354. The Hall–Kier alpha value is 0.01000. The van der Waals surface area contributed by atoms with Gasteiger partial charge in [0.2, 0.25) is 0 Å². The molecule has 2 unspecified atom stereocenters. The van der Waals surface area contributed by atoms with Crippen molar-refractivity contribution in [1.29, 1.82) is 0 Å². The van der Waals surface area contributed by atoms with E-state index in [4.69, 9.17) is 0 Å². The maximum atomic E-state index is 3.68. The van der Waals surface area contributed by atoms with Gasteiger partial charge >= 0.3 is 0 Å². The molecule has 0 aromatic heterocycles. The molecule has 0 radical (unpaired) electrons. The van der Waals surface area contributed by atoms with Crippen molar-refractivity contribution in [2.24, 2.45) is 0 Å². The van der Waals surface area contributed by atoms with Crippen molar-refractivity contribution >= 4 is 27.7 Å². The van der Waals surface area contributed by atoms with E-state index in [9.17, 15) is 0 Å². The summed E-state index contributed by atoms with van der Waals surface area (Å²) in [5.74, 6) is 0. The molecule has 96 valence electrons. The van der Waals surface area contributed by atoms with Crippen molar-refractivity contribution in [3.63, 3.8) is 0 Å². The summed E-state index contributed by atoms with van der Waals surface area (Å²) < 4.78 is 1.21. The van der Waals surface area contributed by atoms with Gasteiger partial charge in [0.25, 0.3) is 0 Å². The lowest BCUT2D eigenvalue weighted by atomic mass is 10.1. The zero-order valence-corrected chi connectivity index (χ0v) is 13.5. The Kier molecular flexibility index (Phi) is 6.60. The van der Waals surface area contributed by atoms with Crippen LogP contribution < -0.4 is 5.32 Å². The van der Waals surface area contributed by atoms with Crippen LogP contribution in [-0.4, -0.2) is 11.8 Å². The van der Waals surface area contributed by atoms with E-state index in [1.165, 1.54) is 21.4 Å². The van der Waals surface area contributed by atoms with Gasteiger partial charge in [-0.05, 0) is 37.6 Å². The van der Waals surface area contributed by atoms with E-state index in [-0.39, 0.29) is 0 Å². The van der Waals surface area contributed by atoms with Gasteiger partial charge in [-0.2, -0.15) is 0 Å². The molecule has 1 nitrogen and oxygen atoms in total. The van der Waals surface area contributed by atoms with Gasteiger partial charge < -0.3 is 5.32 Å². The first-order valence-corrected chi connectivity index (χ1v) is 7.95. The highest BCUT2D eigenvalue weighted by molar-refractivity contribution is 9.10. The third kappa shape index (κ3) is 4.65. The molecule has 0 spiro atoms. The topological polar surface area (TPSA) is 12.0 Å². The summed E-state index contributed by atoms with van der Waals surface area (Å²) in [6.45, 7) is 9.83. The molecule has 1 N–H and O–H groups in total. The second-order valence-corrected chi connectivity index (χ2v) is 6.67. The molecular formula is C14H22BrNS. The quantitative estimate of drug-likeness (QED) is 0.740. The van der Waals surface area contributed by atoms with Crippen LogP contribution in [0, 0.1) is 0 Å². The normalized spacial score (nSPS) is 14.6. The Labute approximate surface area is 118 Å². The summed E-state index contributed by atoms with van der Waals surface area (Å²) >= 11 is 5.62. The van der Waals surface area contributed by atoms with Crippen molar-refractivity contribution < 1.29 is 0 Å². The van der Waals surface area contributed by atoms with E-state index in [0.29, 0.717) is 11.3 Å². The third-order valence-corrected chi connectivity index (χ3v) is 4.81. The SMILES string of the molecule is CCNC(C)c1ccc(SC(C)CC)cc1Br. The van der Waals surface area contributed by atoms with E-state index in [1.54, 1.807) is 0 Å². The highest BCUT2D eigenvalue weighted by Crippen LogP contribution is 2.31. The summed E-state index contributed by atoms with van der Waals surface area (Å²) in [5, 5.41) is 4.12. The first-order valence-electron chi connectivity index (χ1n) is 6.27. The minimum atomic E-state index is 0.400. The van der Waals surface area contributed by atoms with Gasteiger partial charge in [-0.15, -0.1) is 11.8 Å². The second-order valence-electron chi connectivity index (χ2n) is 4.30. The van der Waals surface area contributed by atoms with Gasteiger partial charge in [0.05, 0.1) is 0 Å². The van der Waals surface area contributed by atoms with Crippen molar-refractivity contribution in [2.45, 2.75) is 50.3 Å². The number of hydrogen-bond donors (Lipinski definition) is 1. The number of halogens is 1. The number of thioether (sulfide) groups is 1. The van der Waals surface area contributed by atoms with Crippen LogP contribution in [0.5, 0.6) is 0 Å². The summed E-state index contributed by atoms with van der Waals surface area (Å²) in [6, 6.07) is 7.09. The van der Waals surface area contributed by atoms with Crippen LogP contribution in [0.25, 0.3) is 0 Å². The molecule has 0 saturated carbocycles. The average Bonchev–Trinajstić information content (AvgIpc) is 2.29. The van der Waals surface area contributed by atoms with Crippen LogP contribution >= 0.6 is 27.7 Å². The molecule has 1 rings (SSSR count). The van der Waals surface area contributed by atoms with Gasteiger partial charge in [0.15, 0.2) is 0 Å². The molecule has 0 amide bonds. The molecule has 2 atom stereocenters. The first-order chi connectivity index (χ1) is 8.08. The summed E-state index contributed by atoms with van der Waals surface area (Å²) in [4.78, 5) is 1.35. The van der Waals surface area contributed by atoms with Crippen LogP contribution in [0.3, 0.4) is 0 Å². The summed E-state index contributed by atoms with van der Waals surface area (Å²) in [7, 11) is 0. The fourth-order valence-electron chi connectivity index (χ4n) is 1.66. The van der Waals surface area contributed by atoms with E-state index in [1.807, 2.05) is 11.8 Å². The molecular weight excluding hydrogens is 294 g/mol. The smallest absolute Gasteiger partial charge is 0.0302 e. The number of nitrogens with one attached hydrogen (secondary N) is 1. The summed E-state index contributed by atoms with van der Waals surface area (Å²) in [6.07, 6.45) is 1.21. The van der Waals surface area contributed by atoms with Gasteiger partial charge in [-0.25, -0.2) is 0 Å². The molecule has 0 aliphatic carbocycles. The maximum Gasteiger partial charge on any atom is 0.0302 e. The van der Waals surface area contributed by atoms with Crippen LogP contribution in [0.2, 0.25) is 0 Å². The van der Waals surface area contributed by atoms with Crippen molar-refractivity contribution in [1.82, 2.24) is 5.32 Å². The zero-order valence-electron chi connectivity index (χ0n) is 11.1. The van der Waals surface area contributed by atoms with Gasteiger partial charge in [-0.3, -0.25) is 0 Å². The first kappa shape index (κ1) is 15.1. The highest BCUT2D eigenvalue weighted by atomic mass is 79.9. The van der Waals surface area contributed by atoms with E-state index < -0.39 is 0 Å². The molecule has 1 aromatic carbocycles.